The van der Waals surface area contributed by atoms with E-state index in [1.165, 1.54) is 4.31 Å². The van der Waals surface area contributed by atoms with Crippen molar-refractivity contribution < 1.29 is 12.8 Å². The number of sulfonamides is 1. The van der Waals surface area contributed by atoms with Crippen molar-refractivity contribution in [1.82, 2.24) is 23.2 Å². The molecule has 1 atom stereocenters. The van der Waals surface area contributed by atoms with Gasteiger partial charge in [-0.15, -0.1) is 10.2 Å². The molecule has 29 heavy (non-hydrogen) atoms. The average Bonchev–Trinajstić information content (AvgIpc) is 3.49. The van der Waals surface area contributed by atoms with Gasteiger partial charge in [0.2, 0.25) is 21.8 Å². The molecule has 0 saturated carbocycles. The zero-order chi connectivity index (χ0) is 19.8. The molecule has 1 aliphatic heterocycles. The van der Waals surface area contributed by atoms with Crippen molar-refractivity contribution in [2.75, 3.05) is 13.1 Å². The molecule has 0 radical (unpaired) electrons. The van der Waals surface area contributed by atoms with Crippen LogP contribution in [0, 0.1) is 5.92 Å². The van der Waals surface area contributed by atoms with E-state index < -0.39 is 10.0 Å². The summed E-state index contributed by atoms with van der Waals surface area (Å²) in [6, 6.07) is 14.6. The molecular weight excluding hydrogens is 410 g/mol. The highest BCUT2D eigenvalue weighted by Gasteiger charge is 2.34. The highest BCUT2D eigenvalue weighted by molar-refractivity contribution is 7.89. The van der Waals surface area contributed by atoms with Crippen LogP contribution in [0.1, 0.15) is 12.3 Å². The molecule has 1 fully saturated rings. The van der Waals surface area contributed by atoms with E-state index in [2.05, 4.69) is 18.9 Å². The van der Waals surface area contributed by atoms with Crippen LogP contribution in [0.4, 0.5) is 0 Å². The Morgan fingerprint density at radius 3 is 2.79 bits per heavy atom. The second kappa shape index (κ2) is 7.29. The summed E-state index contributed by atoms with van der Waals surface area (Å²) in [6.07, 6.45) is 1.29. The van der Waals surface area contributed by atoms with Crippen molar-refractivity contribution >= 4 is 32.8 Å². The van der Waals surface area contributed by atoms with Crippen LogP contribution in [0.15, 0.2) is 57.8 Å². The van der Waals surface area contributed by atoms with Gasteiger partial charge in [-0.3, -0.25) is 0 Å². The number of benzene rings is 2. The van der Waals surface area contributed by atoms with Gasteiger partial charge in [0, 0.05) is 25.1 Å². The van der Waals surface area contributed by atoms with Gasteiger partial charge in [0.25, 0.3) is 0 Å². The van der Waals surface area contributed by atoms with E-state index in [0.717, 1.165) is 23.7 Å². The van der Waals surface area contributed by atoms with E-state index in [1.54, 1.807) is 18.2 Å². The van der Waals surface area contributed by atoms with Gasteiger partial charge >= 0.3 is 0 Å². The monoisotopic (exact) mass is 427 g/mol. The Balaban J connectivity index is 1.32. The summed E-state index contributed by atoms with van der Waals surface area (Å²) < 4.78 is 41.9. The van der Waals surface area contributed by atoms with E-state index in [9.17, 15) is 8.42 Å². The molecule has 0 spiro atoms. The fourth-order valence-corrected chi connectivity index (χ4v) is 5.87. The van der Waals surface area contributed by atoms with E-state index in [0.29, 0.717) is 42.3 Å². The molecule has 3 heterocycles. The molecule has 0 amide bonds. The lowest BCUT2D eigenvalue weighted by Gasteiger charge is -2.16. The standard InChI is InChI=1S/C19H17N5O3S2/c25-29(26,16-8-4-7-15-18(16)23-28-22-15)24-10-9-13(12-24)11-17-20-21-19(27-17)14-5-2-1-3-6-14/h1-8,13H,9-12H2. The predicted molar refractivity (Wildman–Crippen MR) is 108 cm³/mol. The van der Waals surface area contributed by atoms with Gasteiger partial charge < -0.3 is 4.42 Å². The highest BCUT2D eigenvalue weighted by Crippen LogP contribution is 2.30. The molecule has 2 aromatic heterocycles. The molecule has 4 aromatic rings. The lowest BCUT2D eigenvalue weighted by molar-refractivity contribution is 0.423. The van der Waals surface area contributed by atoms with Crippen molar-refractivity contribution in [1.29, 1.82) is 0 Å². The van der Waals surface area contributed by atoms with Gasteiger partial charge in [-0.05, 0) is 36.6 Å². The largest absolute Gasteiger partial charge is 0.421 e. The Kier molecular flexibility index (Phi) is 4.61. The SMILES string of the molecule is O=S(=O)(c1cccc2nsnc12)N1CCC(Cc2nnc(-c3ccccc3)o2)C1. The van der Waals surface area contributed by atoms with Gasteiger partial charge in [0.15, 0.2) is 0 Å². The quantitative estimate of drug-likeness (QED) is 0.482. The molecule has 2 aromatic carbocycles. The topological polar surface area (TPSA) is 102 Å². The fourth-order valence-electron chi connectivity index (χ4n) is 3.59. The number of aromatic nitrogens is 4. The summed E-state index contributed by atoms with van der Waals surface area (Å²) in [6.45, 7) is 0.875. The second-order valence-corrected chi connectivity index (χ2v) is 9.41. The third-order valence-corrected chi connectivity index (χ3v) is 7.51. The van der Waals surface area contributed by atoms with Crippen LogP contribution in [-0.2, 0) is 16.4 Å². The molecule has 148 valence electrons. The van der Waals surface area contributed by atoms with E-state index >= 15 is 0 Å². The molecule has 8 nitrogen and oxygen atoms in total. The van der Waals surface area contributed by atoms with Gasteiger partial charge in [-0.25, -0.2) is 8.42 Å². The first-order chi connectivity index (χ1) is 14.1. The van der Waals surface area contributed by atoms with Crippen molar-refractivity contribution in [2.45, 2.75) is 17.7 Å². The van der Waals surface area contributed by atoms with Crippen LogP contribution in [0.3, 0.4) is 0 Å². The van der Waals surface area contributed by atoms with E-state index in [1.807, 2.05) is 30.3 Å². The lowest BCUT2D eigenvalue weighted by Crippen LogP contribution is -2.29. The summed E-state index contributed by atoms with van der Waals surface area (Å²) in [5, 5.41) is 8.24. The number of fused-ring (bicyclic) bond motifs is 1. The minimum atomic E-state index is -3.63. The smallest absolute Gasteiger partial charge is 0.247 e. The Labute approximate surface area is 171 Å². The third kappa shape index (κ3) is 3.43. The highest BCUT2D eigenvalue weighted by atomic mass is 32.2. The van der Waals surface area contributed by atoms with Gasteiger partial charge in [0.05, 0.1) is 11.7 Å². The second-order valence-electron chi connectivity index (χ2n) is 6.98. The Morgan fingerprint density at radius 2 is 1.93 bits per heavy atom. The van der Waals surface area contributed by atoms with Crippen molar-refractivity contribution in [3.63, 3.8) is 0 Å². The van der Waals surface area contributed by atoms with E-state index in [4.69, 9.17) is 4.42 Å². The van der Waals surface area contributed by atoms with Gasteiger partial charge in [0.1, 0.15) is 15.9 Å². The molecule has 1 unspecified atom stereocenters. The molecule has 1 aliphatic rings. The fraction of sp³-hybridized carbons (Fsp3) is 0.263. The Hall–Kier alpha value is -2.69. The maximum atomic E-state index is 13.1. The molecule has 5 rings (SSSR count). The van der Waals surface area contributed by atoms with Crippen molar-refractivity contribution in [3.8, 4) is 11.5 Å². The molecule has 10 heteroatoms. The predicted octanol–water partition coefficient (Wildman–Crippen LogP) is 2.99. The van der Waals surface area contributed by atoms with Crippen LogP contribution in [0.2, 0.25) is 0 Å². The van der Waals surface area contributed by atoms with Crippen LogP contribution in [0.5, 0.6) is 0 Å². The number of rotatable bonds is 5. The molecule has 0 bridgehead atoms. The summed E-state index contributed by atoms with van der Waals surface area (Å²) in [5.41, 5.74) is 1.91. The summed E-state index contributed by atoms with van der Waals surface area (Å²) >= 11 is 1.02. The van der Waals surface area contributed by atoms with Crippen LogP contribution in [0.25, 0.3) is 22.5 Å². The Morgan fingerprint density at radius 1 is 1.07 bits per heavy atom. The first-order valence-corrected chi connectivity index (χ1v) is 11.4. The minimum absolute atomic E-state index is 0.126. The van der Waals surface area contributed by atoms with Crippen molar-refractivity contribution in [2.24, 2.45) is 5.92 Å². The zero-order valence-corrected chi connectivity index (χ0v) is 16.9. The summed E-state index contributed by atoms with van der Waals surface area (Å²) in [4.78, 5) is 0.216. The maximum Gasteiger partial charge on any atom is 0.247 e. The van der Waals surface area contributed by atoms with Crippen LogP contribution >= 0.6 is 11.7 Å². The maximum absolute atomic E-state index is 13.1. The first kappa shape index (κ1) is 18.3. The van der Waals surface area contributed by atoms with Crippen molar-refractivity contribution in [3.05, 3.63) is 54.4 Å². The Bertz CT molecular complexity index is 1250. The van der Waals surface area contributed by atoms with Crippen LogP contribution in [-0.4, -0.2) is 44.8 Å². The molecule has 1 saturated heterocycles. The number of nitrogens with zero attached hydrogens (tertiary/aromatic N) is 5. The van der Waals surface area contributed by atoms with Gasteiger partial charge in [-0.1, -0.05) is 24.3 Å². The lowest BCUT2D eigenvalue weighted by atomic mass is 10.1. The summed E-state index contributed by atoms with van der Waals surface area (Å²) in [5.74, 6) is 1.13. The van der Waals surface area contributed by atoms with E-state index in [-0.39, 0.29) is 10.8 Å². The minimum Gasteiger partial charge on any atom is -0.421 e. The molecule has 0 N–H and O–H groups in total. The first-order valence-electron chi connectivity index (χ1n) is 9.20. The average molecular weight is 428 g/mol. The normalized spacial score (nSPS) is 17.9. The molecule has 0 aliphatic carbocycles. The third-order valence-electron chi connectivity index (χ3n) is 5.07. The zero-order valence-electron chi connectivity index (χ0n) is 15.3. The van der Waals surface area contributed by atoms with Crippen LogP contribution < -0.4 is 0 Å². The number of hydrogen-bond donors (Lipinski definition) is 0. The molecular formula is C19H17N5O3S2. The number of hydrogen-bond acceptors (Lipinski definition) is 8. The summed E-state index contributed by atoms with van der Waals surface area (Å²) in [7, 11) is -3.63. The van der Waals surface area contributed by atoms with Gasteiger partial charge in [-0.2, -0.15) is 13.1 Å².